The third kappa shape index (κ3) is 3.22. The molecule has 0 unspecified atom stereocenters. The zero-order chi connectivity index (χ0) is 14.8. The van der Waals surface area contributed by atoms with Gasteiger partial charge in [0.2, 0.25) is 0 Å². The molecule has 0 atom stereocenters. The van der Waals surface area contributed by atoms with E-state index in [1.54, 1.807) is 20.0 Å². The summed E-state index contributed by atoms with van der Waals surface area (Å²) in [7, 11) is 0. The van der Waals surface area contributed by atoms with E-state index in [1.807, 2.05) is 30.3 Å². The Morgan fingerprint density at radius 3 is 2.65 bits per heavy atom. The third-order valence-electron chi connectivity index (χ3n) is 3.03. The van der Waals surface area contributed by atoms with Crippen molar-refractivity contribution in [2.24, 2.45) is 5.41 Å². The quantitative estimate of drug-likeness (QED) is 0.928. The van der Waals surface area contributed by atoms with Gasteiger partial charge in [0.15, 0.2) is 0 Å². The SMILES string of the molecule is CC(C)(Cc1nccc(-c2ccccc2Br)n1)C(=O)O. The summed E-state index contributed by atoms with van der Waals surface area (Å²) in [6.45, 7) is 3.34. The Morgan fingerprint density at radius 2 is 2.00 bits per heavy atom. The topological polar surface area (TPSA) is 63.1 Å². The van der Waals surface area contributed by atoms with Gasteiger partial charge >= 0.3 is 5.97 Å². The zero-order valence-corrected chi connectivity index (χ0v) is 12.9. The highest BCUT2D eigenvalue weighted by molar-refractivity contribution is 9.10. The summed E-state index contributed by atoms with van der Waals surface area (Å²) >= 11 is 3.49. The number of carboxylic acid groups (broad SMARTS) is 1. The Hall–Kier alpha value is -1.75. The number of nitrogens with zero attached hydrogens (tertiary/aromatic N) is 2. The zero-order valence-electron chi connectivity index (χ0n) is 11.3. The first-order valence-electron chi connectivity index (χ1n) is 6.20. The molecule has 2 aromatic rings. The number of rotatable bonds is 4. The first-order chi connectivity index (χ1) is 9.40. The predicted octanol–water partition coefficient (Wildman–Crippen LogP) is 3.56. The Morgan fingerprint density at radius 1 is 1.30 bits per heavy atom. The maximum atomic E-state index is 11.2. The first kappa shape index (κ1) is 14.7. The molecule has 1 aromatic heterocycles. The summed E-state index contributed by atoms with van der Waals surface area (Å²) in [5.41, 5.74) is 0.861. The van der Waals surface area contributed by atoms with Crippen molar-refractivity contribution in [1.82, 2.24) is 9.97 Å². The van der Waals surface area contributed by atoms with Gasteiger partial charge in [0.05, 0.1) is 11.1 Å². The smallest absolute Gasteiger partial charge is 0.309 e. The monoisotopic (exact) mass is 334 g/mol. The van der Waals surface area contributed by atoms with Crippen LogP contribution in [0.15, 0.2) is 41.0 Å². The Balaban J connectivity index is 2.34. The standard InChI is InChI=1S/C15H15BrN2O2/c1-15(2,14(19)20)9-13-17-8-7-12(18-13)10-5-3-4-6-11(10)16/h3-8H,9H2,1-2H3,(H,19,20). The third-order valence-corrected chi connectivity index (χ3v) is 3.73. The highest BCUT2D eigenvalue weighted by Crippen LogP contribution is 2.27. The Bertz CT molecular complexity index is 641. The fourth-order valence-electron chi connectivity index (χ4n) is 1.77. The molecule has 1 N–H and O–H groups in total. The van der Waals surface area contributed by atoms with Gasteiger partial charge < -0.3 is 5.11 Å². The van der Waals surface area contributed by atoms with Crippen molar-refractivity contribution < 1.29 is 9.90 Å². The molecule has 0 fully saturated rings. The molecule has 0 aliphatic heterocycles. The van der Waals surface area contributed by atoms with Crippen molar-refractivity contribution in [2.75, 3.05) is 0 Å². The summed E-state index contributed by atoms with van der Waals surface area (Å²) in [6.07, 6.45) is 1.95. The number of hydrogen-bond donors (Lipinski definition) is 1. The van der Waals surface area contributed by atoms with Gasteiger partial charge in [0.1, 0.15) is 5.82 Å². The molecule has 0 saturated carbocycles. The predicted molar refractivity (Wildman–Crippen MR) is 80.3 cm³/mol. The average Bonchev–Trinajstić information content (AvgIpc) is 2.39. The largest absolute Gasteiger partial charge is 0.481 e. The van der Waals surface area contributed by atoms with Crippen LogP contribution in [0.5, 0.6) is 0 Å². The highest BCUT2D eigenvalue weighted by Gasteiger charge is 2.28. The fourth-order valence-corrected chi connectivity index (χ4v) is 2.26. The van der Waals surface area contributed by atoms with Crippen molar-refractivity contribution in [3.8, 4) is 11.3 Å². The molecule has 0 amide bonds. The lowest BCUT2D eigenvalue weighted by molar-refractivity contribution is -0.146. The molecule has 0 aliphatic rings. The number of hydrogen-bond acceptors (Lipinski definition) is 3. The second-order valence-corrected chi connectivity index (χ2v) is 6.06. The van der Waals surface area contributed by atoms with Crippen LogP contribution in [0.1, 0.15) is 19.7 Å². The van der Waals surface area contributed by atoms with Crippen LogP contribution in [0.3, 0.4) is 0 Å². The minimum atomic E-state index is -0.882. The van der Waals surface area contributed by atoms with Crippen LogP contribution in [0, 0.1) is 5.41 Å². The number of aliphatic carboxylic acids is 1. The molecule has 4 nitrogen and oxygen atoms in total. The van der Waals surface area contributed by atoms with Crippen LogP contribution >= 0.6 is 15.9 Å². The van der Waals surface area contributed by atoms with Crippen LogP contribution in [0.4, 0.5) is 0 Å². The molecule has 0 spiro atoms. The minimum Gasteiger partial charge on any atom is -0.481 e. The van der Waals surface area contributed by atoms with Crippen molar-refractivity contribution in [1.29, 1.82) is 0 Å². The second kappa shape index (κ2) is 5.71. The number of halogens is 1. The molecule has 0 aliphatic carbocycles. The normalized spacial score (nSPS) is 11.3. The Labute approximate surface area is 126 Å². The number of aromatic nitrogens is 2. The molecule has 104 valence electrons. The van der Waals surface area contributed by atoms with Gasteiger partial charge in [-0.15, -0.1) is 0 Å². The average molecular weight is 335 g/mol. The lowest BCUT2D eigenvalue weighted by atomic mass is 9.89. The minimum absolute atomic E-state index is 0.292. The molecule has 20 heavy (non-hydrogen) atoms. The second-order valence-electron chi connectivity index (χ2n) is 5.20. The fraction of sp³-hybridized carbons (Fsp3) is 0.267. The molecular formula is C15H15BrN2O2. The van der Waals surface area contributed by atoms with Gasteiger partial charge in [-0.1, -0.05) is 34.1 Å². The summed E-state index contributed by atoms with van der Waals surface area (Å²) in [5.74, 6) is -0.321. The van der Waals surface area contributed by atoms with Gasteiger partial charge in [-0.25, -0.2) is 9.97 Å². The summed E-state index contributed by atoms with van der Waals surface area (Å²) in [5, 5.41) is 9.17. The van der Waals surface area contributed by atoms with E-state index in [1.165, 1.54) is 0 Å². The van der Waals surface area contributed by atoms with Gasteiger partial charge in [0.25, 0.3) is 0 Å². The van der Waals surface area contributed by atoms with Crippen molar-refractivity contribution >= 4 is 21.9 Å². The van der Waals surface area contributed by atoms with E-state index in [4.69, 9.17) is 5.11 Å². The van der Waals surface area contributed by atoms with Gasteiger partial charge in [0, 0.05) is 22.7 Å². The molecule has 1 heterocycles. The lowest BCUT2D eigenvalue weighted by Gasteiger charge is -2.17. The van der Waals surface area contributed by atoms with Crippen molar-refractivity contribution in [3.05, 3.63) is 46.8 Å². The van der Waals surface area contributed by atoms with E-state index in [2.05, 4.69) is 25.9 Å². The van der Waals surface area contributed by atoms with E-state index in [0.717, 1.165) is 15.7 Å². The van der Waals surface area contributed by atoms with Crippen LogP contribution in [-0.4, -0.2) is 21.0 Å². The summed E-state index contributed by atoms with van der Waals surface area (Å²) < 4.78 is 0.946. The maximum absolute atomic E-state index is 11.2. The summed E-state index contributed by atoms with van der Waals surface area (Å²) in [6, 6.07) is 9.58. The maximum Gasteiger partial charge on any atom is 0.309 e. The van der Waals surface area contributed by atoms with E-state index in [-0.39, 0.29) is 0 Å². The van der Waals surface area contributed by atoms with Crippen LogP contribution in [0.2, 0.25) is 0 Å². The van der Waals surface area contributed by atoms with Gasteiger partial charge in [-0.3, -0.25) is 4.79 Å². The number of benzene rings is 1. The van der Waals surface area contributed by atoms with E-state index >= 15 is 0 Å². The first-order valence-corrected chi connectivity index (χ1v) is 7.00. The molecular weight excluding hydrogens is 320 g/mol. The van der Waals surface area contributed by atoms with E-state index in [9.17, 15) is 4.79 Å². The van der Waals surface area contributed by atoms with E-state index < -0.39 is 11.4 Å². The lowest BCUT2D eigenvalue weighted by Crippen LogP contribution is -2.27. The molecule has 5 heteroatoms. The van der Waals surface area contributed by atoms with Crippen molar-refractivity contribution in [3.63, 3.8) is 0 Å². The van der Waals surface area contributed by atoms with Crippen LogP contribution < -0.4 is 0 Å². The number of carboxylic acids is 1. The van der Waals surface area contributed by atoms with E-state index in [0.29, 0.717) is 12.2 Å². The molecule has 2 rings (SSSR count). The van der Waals surface area contributed by atoms with Crippen LogP contribution in [0.25, 0.3) is 11.3 Å². The Kier molecular flexibility index (Phi) is 4.18. The van der Waals surface area contributed by atoms with Gasteiger partial charge in [-0.2, -0.15) is 0 Å². The molecule has 1 aromatic carbocycles. The molecule has 0 bridgehead atoms. The summed E-state index contributed by atoms with van der Waals surface area (Å²) in [4.78, 5) is 19.8. The molecule has 0 saturated heterocycles. The van der Waals surface area contributed by atoms with Crippen LogP contribution in [-0.2, 0) is 11.2 Å². The molecule has 0 radical (unpaired) electrons. The highest BCUT2D eigenvalue weighted by atomic mass is 79.9. The number of carbonyl (C=O) groups is 1. The van der Waals surface area contributed by atoms with Crippen molar-refractivity contribution in [2.45, 2.75) is 20.3 Å². The van der Waals surface area contributed by atoms with Gasteiger partial charge in [-0.05, 0) is 26.0 Å².